The van der Waals surface area contributed by atoms with Crippen LogP contribution in [-0.2, 0) is 16.1 Å². The number of methoxy groups -OCH3 is 1. The summed E-state index contributed by atoms with van der Waals surface area (Å²) in [6.45, 7) is 4.38. The maximum Gasteiger partial charge on any atom is 0.307 e. The molecule has 0 saturated carbocycles. The third-order valence-electron chi connectivity index (χ3n) is 7.84. The smallest absolute Gasteiger partial charge is 0.307 e. The highest BCUT2D eigenvalue weighted by Gasteiger charge is 2.25. The van der Waals surface area contributed by atoms with E-state index in [1.807, 2.05) is 24.3 Å². The van der Waals surface area contributed by atoms with Gasteiger partial charge >= 0.3 is 5.97 Å². The molecule has 0 radical (unpaired) electrons. The lowest BCUT2D eigenvalue weighted by atomic mass is 9.89. The van der Waals surface area contributed by atoms with E-state index in [0.29, 0.717) is 24.0 Å². The molecule has 0 aliphatic carbocycles. The summed E-state index contributed by atoms with van der Waals surface area (Å²) in [6, 6.07) is 21.0. The zero-order chi connectivity index (χ0) is 29.0. The summed E-state index contributed by atoms with van der Waals surface area (Å²) in [6.07, 6.45) is 1.88. The summed E-state index contributed by atoms with van der Waals surface area (Å²) >= 11 is 1.75. The van der Waals surface area contributed by atoms with Crippen molar-refractivity contribution < 1.29 is 23.4 Å². The molecular weight excluding hydrogens is 553 g/mol. The van der Waals surface area contributed by atoms with Gasteiger partial charge in [0, 0.05) is 27.2 Å². The third kappa shape index (κ3) is 6.97. The van der Waals surface area contributed by atoms with Crippen LogP contribution < -0.4 is 4.74 Å². The third-order valence-corrected chi connectivity index (χ3v) is 10.6. The van der Waals surface area contributed by atoms with E-state index in [1.165, 1.54) is 39.4 Å². The molecule has 3 aromatic carbocycles. The Morgan fingerprint density at radius 1 is 1.05 bits per heavy atom. The molecule has 7 heteroatoms. The predicted molar refractivity (Wildman–Crippen MR) is 170 cm³/mol. The van der Waals surface area contributed by atoms with Crippen LogP contribution in [0.15, 0.2) is 66.0 Å². The fourth-order valence-electron chi connectivity index (χ4n) is 5.50. The van der Waals surface area contributed by atoms with E-state index in [4.69, 9.17) is 9.47 Å². The molecule has 1 aliphatic rings. The van der Waals surface area contributed by atoms with Crippen LogP contribution in [0.1, 0.15) is 60.3 Å². The van der Waals surface area contributed by atoms with Crippen molar-refractivity contribution in [1.29, 1.82) is 0 Å². The number of esters is 1. The van der Waals surface area contributed by atoms with Gasteiger partial charge in [-0.05, 0) is 90.1 Å². The molecule has 2 heterocycles. The number of thiophene rings is 1. The van der Waals surface area contributed by atoms with Crippen LogP contribution in [0.25, 0.3) is 21.2 Å². The highest BCUT2D eigenvalue weighted by atomic mass is 32.3. The first-order chi connectivity index (χ1) is 19.8. The molecule has 0 amide bonds. The van der Waals surface area contributed by atoms with E-state index < -0.39 is 10.6 Å². The van der Waals surface area contributed by atoms with Crippen LogP contribution in [0.3, 0.4) is 0 Å². The first kappa shape index (κ1) is 29.2. The van der Waals surface area contributed by atoms with E-state index in [-0.39, 0.29) is 18.3 Å². The van der Waals surface area contributed by atoms with Crippen LogP contribution >= 0.6 is 21.9 Å². The van der Waals surface area contributed by atoms with Gasteiger partial charge in [-0.1, -0.05) is 42.3 Å². The first-order valence-corrected chi connectivity index (χ1v) is 16.6. The maximum atomic E-state index is 11.8. The Balaban J connectivity index is 1.29. The van der Waals surface area contributed by atoms with Crippen LogP contribution in [0, 0.1) is 18.8 Å². The van der Waals surface area contributed by atoms with Gasteiger partial charge < -0.3 is 9.47 Å². The normalized spacial score (nSPS) is 16.4. The van der Waals surface area contributed by atoms with Crippen LogP contribution in [0.2, 0.25) is 0 Å². The molecule has 214 valence electrons. The minimum absolute atomic E-state index is 0.206. The lowest BCUT2D eigenvalue weighted by Crippen LogP contribution is -2.19. The standard InChI is InChI=1S/C34H36O5S2/c1-4-5-27(20-34(35)38-3)25-7-10-29(11-8-25)39-21-24-6-13-33-31(19-24)32(22-40-33)30-12-9-28(18-23(30)2)26-14-16-41(36,37)17-15-26/h6-13,18-19,22,26-27,36-37H,14-17,20-21H2,1-3H3/t27-/m0/s1. The molecule has 0 bridgehead atoms. The number of carbonyl (C=O) groups is 1. The Hall–Kier alpha value is -3.28. The average molecular weight is 589 g/mol. The van der Waals surface area contributed by atoms with Crippen molar-refractivity contribution in [3.63, 3.8) is 0 Å². The highest BCUT2D eigenvalue weighted by Crippen LogP contribution is 2.48. The number of fused-ring (bicyclic) bond motifs is 1. The number of carbonyl (C=O) groups excluding carboxylic acids is 1. The minimum Gasteiger partial charge on any atom is -0.489 e. The van der Waals surface area contributed by atoms with Gasteiger partial charge in [0.2, 0.25) is 0 Å². The molecular formula is C34H36O5S2. The molecule has 1 fully saturated rings. The molecule has 5 nitrogen and oxygen atoms in total. The quantitative estimate of drug-likeness (QED) is 0.159. The van der Waals surface area contributed by atoms with E-state index in [0.717, 1.165) is 29.7 Å². The molecule has 0 unspecified atom stereocenters. The van der Waals surface area contributed by atoms with Crippen LogP contribution in [-0.4, -0.2) is 33.7 Å². The molecule has 1 saturated heterocycles. The Labute approximate surface area is 247 Å². The zero-order valence-corrected chi connectivity index (χ0v) is 25.3. The SMILES string of the molecule is CC#C[C@@H](CC(=O)OC)c1ccc(OCc2ccc3scc(-c4ccc(C5CCS(O)(O)CC5)cc4C)c3c2)cc1. The Morgan fingerprint density at radius 2 is 1.80 bits per heavy atom. The molecule has 0 spiro atoms. The second-order valence-electron chi connectivity index (χ2n) is 10.6. The fourth-order valence-corrected chi connectivity index (χ4v) is 7.97. The average Bonchev–Trinajstić information content (AvgIpc) is 3.39. The lowest BCUT2D eigenvalue weighted by molar-refractivity contribution is -0.140. The summed E-state index contributed by atoms with van der Waals surface area (Å²) in [7, 11) is -0.979. The monoisotopic (exact) mass is 588 g/mol. The summed E-state index contributed by atoms with van der Waals surface area (Å²) in [5.41, 5.74) is 7.04. The van der Waals surface area contributed by atoms with E-state index in [9.17, 15) is 13.9 Å². The van der Waals surface area contributed by atoms with Crippen molar-refractivity contribution in [1.82, 2.24) is 0 Å². The molecule has 2 N–H and O–H groups in total. The molecule has 4 aromatic rings. The second kappa shape index (κ2) is 12.7. The zero-order valence-electron chi connectivity index (χ0n) is 23.7. The van der Waals surface area contributed by atoms with Crippen LogP contribution in [0.5, 0.6) is 5.75 Å². The highest BCUT2D eigenvalue weighted by molar-refractivity contribution is 8.24. The Bertz CT molecular complexity index is 1580. The number of aryl methyl sites for hydroxylation is 1. The Morgan fingerprint density at radius 3 is 2.49 bits per heavy atom. The van der Waals surface area contributed by atoms with Crippen molar-refractivity contribution in [2.24, 2.45) is 0 Å². The lowest BCUT2D eigenvalue weighted by Gasteiger charge is -2.39. The van der Waals surface area contributed by atoms with Crippen molar-refractivity contribution in [2.45, 2.75) is 51.6 Å². The second-order valence-corrected chi connectivity index (χ2v) is 14.0. The first-order valence-electron chi connectivity index (χ1n) is 13.8. The largest absolute Gasteiger partial charge is 0.489 e. The number of hydrogen-bond donors (Lipinski definition) is 2. The van der Waals surface area contributed by atoms with E-state index in [2.05, 4.69) is 60.5 Å². The van der Waals surface area contributed by atoms with Crippen molar-refractivity contribution in [3.8, 4) is 28.7 Å². The summed E-state index contributed by atoms with van der Waals surface area (Å²) < 4.78 is 32.1. The molecule has 5 rings (SSSR count). The molecule has 1 aromatic heterocycles. The molecule has 41 heavy (non-hydrogen) atoms. The summed E-state index contributed by atoms with van der Waals surface area (Å²) in [5, 5.41) is 3.45. The summed E-state index contributed by atoms with van der Waals surface area (Å²) in [5.74, 6) is 7.67. The molecule has 1 atom stereocenters. The van der Waals surface area contributed by atoms with Gasteiger partial charge in [-0.25, -0.2) is 0 Å². The van der Waals surface area contributed by atoms with Crippen molar-refractivity contribution >= 4 is 38.0 Å². The van der Waals surface area contributed by atoms with Crippen molar-refractivity contribution in [2.75, 3.05) is 18.6 Å². The number of benzene rings is 3. The van der Waals surface area contributed by atoms with Gasteiger partial charge in [-0.3, -0.25) is 13.9 Å². The van der Waals surface area contributed by atoms with Crippen molar-refractivity contribution in [3.05, 3.63) is 88.3 Å². The minimum atomic E-state index is -2.37. The van der Waals surface area contributed by atoms with Gasteiger partial charge in [0.1, 0.15) is 12.4 Å². The van der Waals surface area contributed by atoms with Gasteiger partial charge in [-0.15, -0.1) is 17.3 Å². The summed E-state index contributed by atoms with van der Waals surface area (Å²) in [4.78, 5) is 11.8. The van der Waals surface area contributed by atoms with E-state index in [1.54, 1.807) is 18.3 Å². The van der Waals surface area contributed by atoms with Gasteiger partial charge in [0.05, 0.1) is 19.4 Å². The van der Waals surface area contributed by atoms with Gasteiger partial charge in [-0.2, -0.15) is 10.6 Å². The van der Waals surface area contributed by atoms with Gasteiger partial charge in [0.15, 0.2) is 0 Å². The Kier molecular flexibility index (Phi) is 9.06. The molecule has 1 aliphatic heterocycles. The fraction of sp³-hybridized carbons (Fsp3) is 0.324. The predicted octanol–water partition coefficient (Wildman–Crippen LogP) is 8.75. The maximum absolute atomic E-state index is 11.8. The van der Waals surface area contributed by atoms with E-state index >= 15 is 0 Å². The van der Waals surface area contributed by atoms with Gasteiger partial charge in [0.25, 0.3) is 0 Å². The number of ether oxygens (including phenoxy) is 2. The number of hydrogen-bond acceptors (Lipinski definition) is 6. The number of rotatable bonds is 8. The van der Waals surface area contributed by atoms with Crippen LogP contribution in [0.4, 0.5) is 0 Å². The topological polar surface area (TPSA) is 76.0 Å².